The van der Waals surface area contributed by atoms with Crippen LogP contribution in [0.15, 0.2) is 24.5 Å². The quantitative estimate of drug-likeness (QED) is 0.505. The van der Waals surface area contributed by atoms with E-state index in [1.807, 2.05) is 18.3 Å². The summed E-state index contributed by atoms with van der Waals surface area (Å²) in [4.78, 5) is 0. The molecule has 0 aromatic carbocycles. The Labute approximate surface area is 51.9 Å². The second-order valence-electron chi connectivity index (χ2n) is 1.72. The average Bonchev–Trinajstić information content (AvgIpc) is 2.33. The van der Waals surface area contributed by atoms with Crippen LogP contribution >= 0.6 is 0 Å². The fourth-order valence-electron chi connectivity index (χ4n) is 0.715. The summed E-state index contributed by atoms with van der Waals surface area (Å²) in [7, 11) is 0. The Morgan fingerprint density at radius 1 is 1.56 bits per heavy atom. The van der Waals surface area contributed by atoms with Crippen LogP contribution in [0.2, 0.25) is 0 Å². The Morgan fingerprint density at radius 3 is 3.44 bits per heavy atom. The summed E-state index contributed by atoms with van der Waals surface area (Å²) in [5, 5.41) is 7.44. The minimum Gasteiger partial charge on any atom is -0.220 e. The van der Waals surface area contributed by atoms with Crippen molar-refractivity contribution in [1.82, 2.24) is 14.8 Å². The molecule has 0 aliphatic carbocycles. The Hall–Kier alpha value is -1.38. The SMILES string of the molecule is [c]1cccn2nncc12. The molecule has 0 spiro atoms. The molecule has 0 atom stereocenters. The van der Waals surface area contributed by atoms with E-state index >= 15 is 0 Å². The highest BCUT2D eigenvalue weighted by Gasteiger charge is 1.87. The second kappa shape index (κ2) is 1.55. The van der Waals surface area contributed by atoms with E-state index in [9.17, 15) is 0 Å². The third-order valence-corrected chi connectivity index (χ3v) is 1.13. The van der Waals surface area contributed by atoms with Crippen LogP contribution in [-0.4, -0.2) is 14.8 Å². The Bertz CT molecular complexity index is 282. The molecule has 43 valence electrons. The van der Waals surface area contributed by atoms with E-state index in [-0.39, 0.29) is 0 Å². The van der Waals surface area contributed by atoms with Gasteiger partial charge in [-0.05, 0) is 6.07 Å². The predicted molar refractivity (Wildman–Crippen MR) is 31.8 cm³/mol. The van der Waals surface area contributed by atoms with Gasteiger partial charge in [0, 0.05) is 12.3 Å². The molecule has 0 saturated heterocycles. The number of hydrogen-bond acceptors (Lipinski definition) is 2. The molecule has 2 rings (SSSR count). The van der Waals surface area contributed by atoms with E-state index in [2.05, 4.69) is 16.4 Å². The zero-order chi connectivity index (χ0) is 6.10. The van der Waals surface area contributed by atoms with Gasteiger partial charge in [0.05, 0.1) is 11.7 Å². The summed E-state index contributed by atoms with van der Waals surface area (Å²) >= 11 is 0. The van der Waals surface area contributed by atoms with E-state index in [4.69, 9.17) is 0 Å². The summed E-state index contributed by atoms with van der Waals surface area (Å²) in [6.07, 6.45) is 3.50. The molecule has 0 saturated carbocycles. The van der Waals surface area contributed by atoms with Crippen molar-refractivity contribution >= 4 is 5.52 Å². The minimum atomic E-state index is 0.900. The van der Waals surface area contributed by atoms with Gasteiger partial charge in [0.1, 0.15) is 0 Å². The number of rotatable bonds is 0. The van der Waals surface area contributed by atoms with Crippen LogP contribution in [0.1, 0.15) is 0 Å². The van der Waals surface area contributed by atoms with E-state index in [1.165, 1.54) is 0 Å². The lowest BCUT2D eigenvalue weighted by Gasteiger charge is -1.83. The monoisotopic (exact) mass is 118 g/mol. The zero-order valence-corrected chi connectivity index (χ0v) is 4.65. The van der Waals surface area contributed by atoms with Crippen molar-refractivity contribution in [3.8, 4) is 0 Å². The molecule has 2 aromatic heterocycles. The summed E-state index contributed by atoms with van der Waals surface area (Å²) in [6, 6.07) is 6.66. The average molecular weight is 118 g/mol. The highest BCUT2D eigenvalue weighted by atomic mass is 15.4. The van der Waals surface area contributed by atoms with Crippen LogP contribution in [0.3, 0.4) is 0 Å². The van der Waals surface area contributed by atoms with Crippen molar-refractivity contribution in [3.05, 3.63) is 30.6 Å². The summed E-state index contributed by atoms with van der Waals surface area (Å²) in [5.74, 6) is 0. The number of nitrogens with zero attached hydrogens (tertiary/aromatic N) is 3. The summed E-state index contributed by atoms with van der Waals surface area (Å²) < 4.78 is 1.67. The smallest absolute Gasteiger partial charge is 0.0943 e. The van der Waals surface area contributed by atoms with Crippen molar-refractivity contribution in [2.24, 2.45) is 0 Å². The van der Waals surface area contributed by atoms with Crippen molar-refractivity contribution in [2.45, 2.75) is 0 Å². The lowest BCUT2D eigenvalue weighted by atomic mass is 10.4. The van der Waals surface area contributed by atoms with Gasteiger partial charge in [-0.1, -0.05) is 11.3 Å². The fourth-order valence-corrected chi connectivity index (χ4v) is 0.715. The van der Waals surface area contributed by atoms with E-state index in [0.29, 0.717) is 0 Å². The minimum absolute atomic E-state index is 0.900. The number of hydrogen-bond donors (Lipinski definition) is 0. The van der Waals surface area contributed by atoms with Crippen LogP contribution in [0, 0.1) is 6.07 Å². The highest BCUT2D eigenvalue weighted by molar-refractivity contribution is 5.40. The molecular weight excluding hydrogens is 114 g/mol. The van der Waals surface area contributed by atoms with Crippen molar-refractivity contribution in [1.29, 1.82) is 0 Å². The normalized spacial score (nSPS) is 10.2. The first-order valence-corrected chi connectivity index (χ1v) is 2.63. The topological polar surface area (TPSA) is 30.2 Å². The number of pyridine rings is 1. The molecule has 0 fully saturated rings. The maximum absolute atomic E-state index is 3.75. The maximum atomic E-state index is 3.75. The molecule has 3 heteroatoms. The largest absolute Gasteiger partial charge is 0.220 e. The molecule has 0 aliphatic heterocycles. The predicted octanol–water partition coefficient (Wildman–Crippen LogP) is 0.529. The highest BCUT2D eigenvalue weighted by Crippen LogP contribution is 1.94. The van der Waals surface area contributed by atoms with Crippen LogP contribution in [0.5, 0.6) is 0 Å². The van der Waals surface area contributed by atoms with Gasteiger partial charge in [-0.2, -0.15) is 0 Å². The standard InChI is InChI=1S/C6H4N3/c1-2-4-9-6(3-1)5-7-8-9/h1-2,4-5H. The Balaban J connectivity index is 2.95. The second-order valence-corrected chi connectivity index (χ2v) is 1.72. The Kier molecular flexibility index (Phi) is 0.773. The van der Waals surface area contributed by atoms with E-state index in [0.717, 1.165) is 5.52 Å². The molecule has 1 radical (unpaired) electrons. The molecule has 0 amide bonds. The van der Waals surface area contributed by atoms with Gasteiger partial charge in [-0.15, -0.1) is 5.10 Å². The van der Waals surface area contributed by atoms with Crippen molar-refractivity contribution in [2.75, 3.05) is 0 Å². The molecule has 0 unspecified atom stereocenters. The molecule has 0 N–H and O–H groups in total. The van der Waals surface area contributed by atoms with Crippen LogP contribution < -0.4 is 0 Å². The molecule has 9 heavy (non-hydrogen) atoms. The zero-order valence-electron chi connectivity index (χ0n) is 4.65. The van der Waals surface area contributed by atoms with Crippen molar-refractivity contribution < 1.29 is 0 Å². The molecule has 3 nitrogen and oxygen atoms in total. The Morgan fingerprint density at radius 2 is 2.56 bits per heavy atom. The molecule has 2 heterocycles. The lowest BCUT2D eigenvalue weighted by molar-refractivity contribution is 0.855. The third-order valence-electron chi connectivity index (χ3n) is 1.13. The van der Waals surface area contributed by atoms with Gasteiger partial charge in [0.2, 0.25) is 0 Å². The molecule has 0 bridgehead atoms. The molecular formula is C6H4N3. The van der Waals surface area contributed by atoms with E-state index in [1.54, 1.807) is 10.7 Å². The van der Waals surface area contributed by atoms with Gasteiger partial charge in [0.15, 0.2) is 0 Å². The molecule has 0 aliphatic rings. The van der Waals surface area contributed by atoms with Crippen LogP contribution in [0.25, 0.3) is 5.52 Å². The molecule has 2 aromatic rings. The van der Waals surface area contributed by atoms with Gasteiger partial charge in [-0.3, -0.25) is 0 Å². The number of fused-ring (bicyclic) bond motifs is 1. The fraction of sp³-hybridized carbons (Fsp3) is 0. The first-order valence-electron chi connectivity index (χ1n) is 2.63. The van der Waals surface area contributed by atoms with Gasteiger partial charge >= 0.3 is 0 Å². The summed E-state index contributed by atoms with van der Waals surface area (Å²) in [6.45, 7) is 0. The number of aromatic nitrogens is 3. The first kappa shape index (κ1) is 4.49. The first-order chi connectivity index (χ1) is 4.47. The van der Waals surface area contributed by atoms with E-state index < -0.39 is 0 Å². The van der Waals surface area contributed by atoms with Crippen LogP contribution in [-0.2, 0) is 0 Å². The summed E-state index contributed by atoms with van der Waals surface area (Å²) in [5.41, 5.74) is 0.900. The van der Waals surface area contributed by atoms with Gasteiger partial charge < -0.3 is 0 Å². The lowest BCUT2D eigenvalue weighted by Crippen LogP contribution is -1.83. The maximum Gasteiger partial charge on any atom is 0.0943 e. The van der Waals surface area contributed by atoms with Crippen molar-refractivity contribution in [3.63, 3.8) is 0 Å². The van der Waals surface area contributed by atoms with Crippen LogP contribution in [0.4, 0.5) is 0 Å². The van der Waals surface area contributed by atoms with Gasteiger partial charge in [0.25, 0.3) is 0 Å². The third kappa shape index (κ3) is 0.579. The van der Waals surface area contributed by atoms with Gasteiger partial charge in [-0.25, -0.2) is 4.52 Å².